The first-order chi connectivity index (χ1) is 14.7. The number of aromatic nitrogens is 2. The van der Waals surface area contributed by atoms with Crippen LogP contribution in [0.25, 0.3) is 10.2 Å². The molecule has 1 aliphatic heterocycles. The van der Waals surface area contributed by atoms with Gasteiger partial charge in [0.15, 0.2) is 0 Å². The highest BCUT2D eigenvalue weighted by Crippen LogP contribution is 2.33. The van der Waals surface area contributed by atoms with Crippen molar-refractivity contribution in [3.8, 4) is 0 Å². The molecule has 3 aromatic heterocycles. The first-order valence-corrected chi connectivity index (χ1v) is 12.0. The number of ether oxygens (including phenoxy) is 1. The average Bonchev–Trinajstić information content (AvgIpc) is 3.40. The molecule has 3 aromatic rings. The maximum atomic E-state index is 12.7. The quantitative estimate of drug-likeness (QED) is 0.493. The highest BCUT2D eigenvalue weighted by Gasteiger charge is 2.19. The van der Waals surface area contributed by atoms with E-state index in [2.05, 4.69) is 36.9 Å². The fraction of sp³-hybridized carbons (Fsp3) is 0.476. The van der Waals surface area contributed by atoms with Gasteiger partial charge in [-0.3, -0.25) is 9.69 Å². The predicted octanol–water partition coefficient (Wildman–Crippen LogP) is 3.17. The van der Waals surface area contributed by atoms with Crippen molar-refractivity contribution in [2.24, 2.45) is 0 Å². The Balaban J connectivity index is 1.36. The summed E-state index contributed by atoms with van der Waals surface area (Å²) in [6, 6.07) is 4.13. The van der Waals surface area contributed by atoms with E-state index in [-0.39, 0.29) is 5.91 Å². The highest BCUT2D eigenvalue weighted by molar-refractivity contribution is 7.20. The fourth-order valence-electron chi connectivity index (χ4n) is 3.59. The number of fused-ring (bicyclic) bond motifs is 1. The van der Waals surface area contributed by atoms with Crippen molar-refractivity contribution in [2.45, 2.75) is 19.8 Å². The van der Waals surface area contributed by atoms with Crippen molar-refractivity contribution in [3.05, 3.63) is 39.2 Å². The second kappa shape index (κ2) is 10.3. The molecular weight excluding hydrogens is 418 g/mol. The second-order valence-corrected chi connectivity index (χ2v) is 9.31. The van der Waals surface area contributed by atoms with Crippen LogP contribution in [0, 0.1) is 6.92 Å². The summed E-state index contributed by atoms with van der Waals surface area (Å²) >= 11 is 3.15. The molecule has 0 spiro atoms. The minimum atomic E-state index is -0.0367. The lowest BCUT2D eigenvalue weighted by molar-refractivity contribution is 0.0378. The van der Waals surface area contributed by atoms with Crippen LogP contribution in [-0.4, -0.2) is 66.7 Å². The molecule has 1 amide bonds. The summed E-state index contributed by atoms with van der Waals surface area (Å²) in [5, 5.41) is 9.50. The second-order valence-electron chi connectivity index (χ2n) is 7.28. The number of amides is 1. The van der Waals surface area contributed by atoms with E-state index in [0.29, 0.717) is 11.4 Å². The Morgan fingerprint density at radius 3 is 2.93 bits per heavy atom. The summed E-state index contributed by atoms with van der Waals surface area (Å²) in [6.07, 6.45) is 3.45. The molecule has 9 heteroatoms. The number of nitrogens with one attached hydrogen (secondary N) is 2. The van der Waals surface area contributed by atoms with Crippen LogP contribution >= 0.6 is 22.7 Å². The van der Waals surface area contributed by atoms with Crippen LogP contribution in [0.5, 0.6) is 0 Å². The van der Waals surface area contributed by atoms with Crippen LogP contribution in [0.4, 0.5) is 5.82 Å². The van der Waals surface area contributed by atoms with E-state index >= 15 is 0 Å². The summed E-state index contributed by atoms with van der Waals surface area (Å²) < 4.78 is 5.40. The fourth-order valence-corrected chi connectivity index (χ4v) is 5.36. The van der Waals surface area contributed by atoms with Crippen molar-refractivity contribution in [1.29, 1.82) is 0 Å². The molecule has 1 saturated heterocycles. The Hall–Kier alpha value is -2.07. The van der Waals surface area contributed by atoms with E-state index in [9.17, 15) is 4.79 Å². The van der Waals surface area contributed by atoms with Crippen molar-refractivity contribution in [1.82, 2.24) is 20.2 Å². The summed E-state index contributed by atoms with van der Waals surface area (Å²) in [7, 11) is 0. The Labute approximate surface area is 184 Å². The van der Waals surface area contributed by atoms with Gasteiger partial charge >= 0.3 is 0 Å². The number of carbonyl (C=O) groups is 1. The van der Waals surface area contributed by atoms with Crippen molar-refractivity contribution < 1.29 is 9.53 Å². The van der Waals surface area contributed by atoms with Crippen LogP contribution in [0.3, 0.4) is 0 Å². The molecule has 0 atom stereocenters. The van der Waals surface area contributed by atoms with E-state index in [1.165, 1.54) is 16.2 Å². The van der Waals surface area contributed by atoms with E-state index < -0.39 is 0 Å². The van der Waals surface area contributed by atoms with Crippen LogP contribution in [0.2, 0.25) is 0 Å². The Morgan fingerprint density at radius 1 is 1.27 bits per heavy atom. The van der Waals surface area contributed by atoms with Crippen LogP contribution in [0.1, 0.15) is 26.5 Å². The highest BCUT2D eigenvalue weighted by atomic mass is 32.1. The van der Waals surface area contributed by atoms with Crippen molar-refractivity contribution >= 4 is 44.6 Å². The molecule has 0 aromatic carbocycles. The van der Waals surface area contributed by atoms with Gasteiger partial charge in [-0.2, -0.15) is 0 Å². The normalized spacial score (nSPS) is 14.8. The zero-order chi connectivity index (χ0) is 20.8. The number of thiophene rings is 2. The maximum Gasteiger partial charge on any atom is 0.261 e. The molecule has 2 N–H and O–H groups in total. The number of anilines is 1. The molecule has 0 saturated carbocycles. The largest absolute Gasteiger partial charge is 0.379 e. The Morgan fingerprint density at radius 2 is 2.13 bits per heavy atom. The summed E-state index contributed by atoms with van der Waals surface area (Å²) in [5.74, 6) is 0.777. The van der Waals surface area contributed by atoms with Gasteiger partial charge in [-0.25, -0.2) is 9.97 Å². The van der Waals surface area contributed by atoms with Gasteiger partial charge in [0.2, 0.25) is 0 Å². The van der Waals surface area contributed by atoms with Crippen LogP contribution in [0.15, 0.2) is 23.8 Å². The van der Waals surface area contributed by atoms with E-state index in [4.69, 9.17) is 4.74 Å². The summed E-state index contributed by atoms with van der Waals surface area (Å²) in [5.41, 5.74) is 0.944. The van der Waals surface area contributed by atoms with Gasteiger partial charge in [0.05, 0.1) is 23.5 Å². The van der Waals surface area contributed by atoms with Gasteiger partial charge in [-0.1, -0.05) is 6.07 Å². The van der Waals surface area contributed by atoms with Crippen LogP contribution < -0.4 is 10.6 Å². The van der Waals surface area contributed by atoms with Gasteiger partial charge in [0.1, 0.15) is 17.0 Å². The van der Waals surface area contributed by atoms with E-state index in [0.717, 1.165) is 73.8 Å². The number of morpholine rings is 1. The molecule has 0 unspecified atom stereocenters. The molecule has 160 valence electrons. The minimum Gasteiger partial charge on any atom is -0.379 e. The lowest BCUT2D eigenvalue weighted by Gasteiger charge is -2.26. The third kappa shape index (κ3) is 5.15. The van der Waals surface area contributed by atoms with Gasteiger partial charge in [-0.05, 0) is 43.3 Å². The number of hydrogen-bond donors (Lipinski definition) is 2. The minimum absolute atomic E-state index is 0.0367. The molecular formula is C21H27N5O2S2. The average molecular weight is 446 g/mol. The van der Waals surface area contributed by atoms with Gasteiger partial charge in [0, 0.05) is 31.1 Å². The molecule has 4 heterocycles. The number of carbonyl (C=O) groups excluding carboxylic acids is 1. The SMILES string of the molecule is Cc1c(C(=O)NCCc2cccs2)sc2ncnc(NCCCN3CCOCC3)c12. The first kappa shape index (κ1) is 21.2. The third-order valence-electron chi connectivity index (χ3n) is 5.22. The molecule has 1 fully saturated rings. The van der Waals surface area contributed by atoms with E-state index in [1.54, 1.807) is 17.7 Å². The zero-order valence-electron chi connectivity index (χ0n) is 17.1. The molecule has 0 radical (unpaired) electrons. The summed E-state index contributed by atoms with van der Waals surface area (Å²) in [6.45, 7) is 8.16. The van der Waals surface area contributed by atoms with Gasteiger partial charge in [-0.15, -0.1) is 22.7 Å². The van der Waals surface area contributed by atoms with E-state index in [1.807, 2.05) is 13.0 Å². The van der Waals surface area contributed by atoms with Gasteiger partial charge < -0.3 is 15.4 Å². The van der Waals surface area contributed by atoms with Crippen LogP contribution in [-0.2, 0) is 11.2 Å². The number of hydrogen-bond acceptors (Lipinski definition) is 8. The monoisotopic (exact) mass is 445 g/mol. The number of nitrogens with zero attached hydrogens (tertiary/aromatic N) is 3. The molecule has 1 aliphatic rings. The van der Waals surface area contributed by atoms with Crippen molar-refractivity contribution in [2.75, 3.05) is 51.3 Å². The third-order valence-corrected chi connectivity index (χ3v) is 7.35. The first-order valence-electron chi connectivity index (χ1n) is 10.3. The molecule has 30 heavy (non-hydrogen) atoms. The topological polar surface area (TPSA) is 79.4 Å². The number of rotatable bonds is 9. The Kier molecular flexibility index (Phi) is 7.27. The molecule has 0 bridgehead atoms. The van der Waals surface area contributed by atoms with Gasteiger partial charge in [0.25, 0.3) is 5.91 Å². The standard InChI is InChI=1S/C21H27N5O2S2/c1-15-17-19(22-6-3-8-26-9-11-28-12-10-26)24-14-25-21(17)30-18(15)20(27)23-7-5-16-4-2-13-29-16/h2,4,13-14H,3,5-12H2,1H3,(H,23,27)(H,22,24,25). The molecule has 4 rings (SSSR count). The summed E-state index contributed by atoms with van der Waals surface area (Å²) in [4.78, 5) is 26.8. The maximum absolute atomic E-state index is 12.7. The smallest absolute Gasteiger partial charge is 0.261 e. The Bertz CT molecular complexity index is 967. The molecule has 7 nitrogen and oxygen atoms in total. The lowest BCUT2D eigenvalue weighted by Crippen LogP contribution is -2.37. The predicted molar refractivity (Wildman–Crippen MR) is 123 cm³/mol. The lowest BCUT2D eigenvalue weighted by atomic mass is 10.2. The van der Waals surface area contributed by atoms with Crippen molar-refractivity contribution in [3.63, 3.8) is 0 Å². The number of aryl methyl sites for hydroxylation is 1. The molecule has 0 aliphatic carbocycles. The zero-order valence-corrected chi connectivity index (χ0v) is 18.8.